The Morgan fingerprint density at radius 3 is 1.86 bits per heavy atom. The number of fused-ring (bicyclic) bond motifs is 2. The Morgan fingerprint density at radius 1 is 0.551 bits per heavy atom. The number of benzene rings is 6. The summed E-state index contributed by atoms with van der Waals surface area (Å²) in [6.07, 6.45) is -9.73. The summed E-state index contributed by atoms with van der Waals surface area (Å²) in [5.74, 6) is -8.18. The highest BCUT2D eigenvalue weighted by atomic mass is 19.4. The Kier molecular flexibility index (Phi) is 8.26. The average Bonchev–Trinajstić information content (AvgIpc) is 2.99. The molecule has 0 radical (unpaired) electrons. The van der Waals surface area contributed by atoms with Crippen molar-refractivity contribution in [1.29, 1.82) is 0 Å². The van der Waals surface area contributed by atoms with Crippen molar-refractivity contribution in [2.45, 2.75) is 19.2 Å². The molecule has 49 heavy (non-hydrogen) atoms. The summed E-state index contributed by atoms with van der Waals surface area (Å²) in [6.45, 7) is 1.89. The Morgan fingerprint density at radius 2 is 1.18 bits per heavy atom. The fourth-order valence-electron chi connectivity index (χ4n) is 5.37. The second kappa shape index (κ2) is 12.1. The molecule has 0 aliphatic heterocycles. The highest BCUT2D eigenvalue weighted by molar-refractivity contribution is 5.90. The molecule has 0 N–H and O–H groups in total. The lowest BCUT2D eigenvalue weighted by Gasteiger charge is -2.20. The normalized spacial score (nSPS) is 11.9. The molecule has 1 nitrogen and oxygen atoms in total. The highest BCUT2D eigenvalue weighted by Crippen LogP contribution is 2.39. The summed E-state index contributed by atoms with van der Waals surface area (Å²) in [4.78, 5) is 0. The van der Waals surface area contributed by atoms with Gasteiger partial charge in [0.15, 0.2) is 5.82 Å². The van der Waals surface area contributed by atoms with Gasteiger partial charge in [-0.1, -0.05) is 41.8 Å². The van der Waals surface area contributed by atoms with Crippen LogP contribution in [0.4, 0.5) is 48.3 Å². The molecule has 0 aliphatic carbocycles. The van der Waals surface area contributed by atoms with Crippen molar-refractivity contribution in [3.05, 3.63) is 137 Å². The molecule has 248 valence electrons. The number of hydrogen-bond acceptors (Lipinski definition) is 1. The zero-order chi connectivity index (χ0) is 35.4. The lowest BCUT2D eigenvalue weighted by atomic mass is 9.98. The maximum absolute atomic E-state index is 15.1. The Labute approximate surface area is 270 Å². The zero-order valence-corrected chi connectivity index (χ0v) is 24.6. The third-order valence-corrected chi connectivity index (χ3v) is 7.57. The zero-order valence-electron chi connectivity index (χ0n) is 24.6. The molecular formula is C37H17F11O. The number of ether oxygens (including phenoxy) is 1. The molecule has 0 heterocycles. The minimum absolute atomic E-state index is 0.0275. The van der Waals surface area contributed by atoms with E-state index < -0.39 is 80.4 Å². The van der Waals surface area contributed by atoms with Crippen molar-refractivity contribution in [2.24, 2.45) is 0 Å². The average molecular weight is 687 g/mol. The van der Waals surface area contributed by atoms with Crippen LogP contribution in [0.5, 0.6) is 5.75 Å². The largest absolute Gasteiger partial charge is 0.458 e. The maximum atomic E-state index is 15.1. The number of hydrogen-bond donors (Lipinski definition) is 0. The smallest absolute Gasteiger partial charge is 0.429 e. The topological polar surface area (TPSA) is 9.23 Å². The molecule has 0 bridgehead atoms. The third-order valence-electron chi connectivity index (χ3n) is 7.57. The fourth-order valence-corrected chi connectivity index (χ4v) is 5.37. The first kappa shape index (κ1) is 33.3. The fraction of sp³-hybridized carbons (Fsp3) is 0.0811. The van der Waals surface area contributed by atoms with Gasteiger partial charge in [-0.05, 0) is 88.3 Å². The summed E-state index contributed by atoms with van der Waals surface area (Å²) in [6, 6.07) is 15.9. The lowest BCUT2D eigenvalue weighted by molar-refractivity contribution is -0.189. The molecule has 0 saturated heterocycles. The van der Waals surface area contributed by atoms with Crippen LogP contribution in [0.15, 0.2) is 84.9 Å². The van der Waals surface area contributed by atoms with E-state index in [1.807, 2.05) is 19.1 Å². The van der Waals surface area contributed by atoms with E-state index in [2.05, 4.69) is 4.74 Å². The predicted octanol–water partition coefficient (Wildman–Crippen LogP) is 11.5. The number of rotatable bonds is 5. The molecule has 0 aliphatic rings. The Balaban J connectivity index is 1.29. The quantitative estimate of drug-likeness (QED) is 0.130. The van der Waals surface area contributed by atoms with Crippen molar-refractivity contribution in [3.63, 3.8) is 0 Å². The van der Waals surface area contributed by atoms with Crippen molar-refractivity contribution in [3.8, 4) is 39.8 Å². The van der Waals surface area contributed by atoms with Gasteiger partial charge in [0, 0.05) is 17.6 Å². The first-order valence-electron chi connectivity index (χ1n) is 14.1. The summed E-state index contributed by atoms with van der Waals surface area (Å²) < 4.78 is 161. The predicted molar refractivity (Wildman–Crippen MR) is 161 cm³/mol. The van der Waals surface area contributed by atoms with E-state index in [4.69, 9.17) is 0 Å². The van der Waals surface area contributed by atoms with Crippen LogP contribution < -0.4 is 4.74 Å². The molecule has 0 fully saturated rings. The molecule has 0 spiro atoms. The van der Waals surface area contributed by atoms with Gasteiger partial charge in [0.2, 0.25) is 0 Å². The molecule has 0 aromatic heterocycles. The lowest BCUT2D eigenvalue weighted by Crippen LogP contribution is -2.25. The minimum Gasteiger partial charge on any atom is -0.429 e. The van der Waals surface area contributed by atoms with E-state index >= 15 is 22.0 Å². The highest BCUT2D eigenvalue weighted by Gasteiger charge is 2.41. The van der Waals surface area contributed by atoms with E-state index in [0.29, 0.717) is 41.8 Å². The third kappa shape index (κ3) is 6.61. The van der Waals surface area contributed by atoms with Gasteiger partial charge in [0.05, 0.1) is 10.9 Å². The van der Waals surface area contributed by atoms with Crippen LogP contribution in [-0.4, -0.2) is 6.18 Å². The van der Waals surface area contributed by atoms with Gasteiger partial charge >= 0.3 is 12.3 Å². The van der Waals surface area contributed by atoms with Gasteiger partial charge in [-0.25, -0.2) is 26.3 Å². The van der Waals surface area contributed by atoms with Gasteiger partial charge in [0.25, 0.3) is 0 Å². The second-order valence-electron chi connectivity index (χ2n) is 11.0. The Bertz CT molecular complexity index is 2340. The Hall–Kier alpha value is -5.57. The summed E-state index contributed by atoms with van der Waals surface area (Å²) in [5, 5.41) is 0.173. The van der Waals surface area contributed by atoms with Gasteiger partial charge in [-0.2, -0.15) is 22.0 Å². The molecule has 6 rings (SSSR count). The van der Waals surface area contributed by atoms with E-state index in [1.54, 1.807) is 24.3 Å². The number of halogens is 11. The van der Waals surface area contributed by atoms with E-state index in [9.17, 15) is 26.3 Å². The van der Waals surface area contributed by atoms with E-state index in [1.165, 1.54) is 5.92 Å². The van der Waals surface area contributed by atoms with Crippen LogP contribution in [0.2, 0.25) is 0 Å². The van der Waals surface area contributed by atoms with Crippen LogP contribution >= 0.6 is 0 Å². The van der Waals surface area contributed by atoms with Crippen LogP contribution in [0.1, 0.15) is 16.7 Å². The second-order valence-corrected chi connectivity index (χ2v) is 11.0. The molecule has 12 heteroatoms. The van der Waals surface area contributed by atoms with Crippen molar-refractivity contribution >= 4 is 21.5 Å². The summed E-state index contributed by atoms with van der Waals surface area (Å²) in [5.41, 5.74) is -2.56. The van der Waals surface area contributed by atoms with Gasteiger partial charge < -0.3 is 4.74 Å². The van der Waals surface area contributed by atoms with Gasteiger partial charge in [-0.3, -0.25) is 0 Å². The van der Waals surface area contributed by atoms with Crippen molar-refractivity contribution in [1.82, 2.24) is 0 Å². The first-order valence-corrected chi connectivity index (χ1v) is 14.1. The molecule has 6 aromatic rings. The van der Waals surface area contributed by atoms with E-state index in [0.717, 1.165) is 34.5 Å². The molecule has 0 amide bonds. The summed E-state index contributed by atoms with van der Waals surface area (Å²) >= 11 is 0. The molecule has 0 atom stereocenters. The van der Waals surface area contributed by atoms with E-state index in [-0.39, 0.29) is 11.1 Å². The molecule has 0 unspecified atom stereocenters. The van der Waals surface area contributed by atoms with Crippen LogP contribution in [-0.2, 0) is 6.11 Å². The molecule has 0 saturated carbocycles. The molecular weight excluding hydrogens is 669 g/mol. The van der Waals surface area contributed by atoms with Crippen LogP contribution in [0.3, 0.4) is 0 Å². The maximum Gasteiger partial charge on any atom is 0.458 e. The number of aryl methyl sites for hydroxylation is 1. The first-order chi connectivity index (χ1) is 23.0. The SMILES string of the molecule is Cc1ccc2cc(-c3cc(F)c(C(F)(F)Oc4ccc(-c5cc(F)c6c(F)c(C#CC(F)(F)F)c(F)cc6c5)c(F)c4)c(F)c3)ccc2c1. The van der Waals surface area contributed by atoms with Crippen molar-refractivity contribution < 1.29 is 53.0 Å². The monoisotopic (exact) mass is 686 g/mol. The standard InChI is InChI=1S/C37H17F11O/c1-18-2-3-20-11-21(5-4-19(20)10-18)22-13-31(41)34(32(42)14-22)37(47,48)49-25-6-7-26(29(39)17-25)23-12-24-16-28(38)27(8-9-36(44,45)46)35(43)33(24)30(40)15-23/h2-7,10-17H,1H3. The van der Waals surface area contributed by atoms with Crippen molar-refractivity contribution in [2.75, 3.05) is 0 Å². The van der Waals surface area contributed by atoms with Crippen LogP contribution in [0, 0.1) is 53.7 Å². The van der Waals surface area contributed by atoms with Gasteiger partial charge in [-0.15, -0.1) is 0 Å². The number of alkyl halides is 5. The summed E-state index contributed by atoms with van der Waals surface area (Å²) in [7, 11) is 0. The van der Waals surface area contributed by atoms with Crippen LogP contribution in [0.25, 0.3) is 43.8 Å². The molecule has 6 aromatic carbocycles. The minimum atomic E-state index is -5.08. The van der Waals surface area contributed by atoms with Gasteiger partial charge in [0.1, 0.15) is 40.4 Å².